The smallest absolute Gasteiger partial charge is 0.130 e. The van der Waals surface area contributed by atoms with Gasteiger partial charge in [0, 0.05) is 0 Å². The van der Waals surface area contributed by atoms with Crippen LogP contribution in [0.25, 0.3) is 11.1 Å². The molecular formula is C27H25OP. The Hall–Kier alpha value is -2.89. The molecule has 2 heteroatoms. The third kappa shape index (κ3) is 4.75. The number of para-hydroxylation sites is 1. The summed E-state index contributed by atoms with van der Waals surface area (Å²) < 4.78 is 6.19. The third-order valence-corrected chi connectivity index (χ3v) is 6.24. The molecule has 1 unspecified atom stereocenters. The Morgan fingerprint density at radius 2 is 1.31 bits per heavy atom. The van der Waals surface area contributed by atoms with Gasteiger partial charge in [0.1, 0.15) is 11.5 Å². The molecule has 0 spiro atoms. The minimum absolute atomic E-state index is 0.427. The summed E-state index contributed by atoms with van der Waals surface area (Å²) in [6, 6.07) is 36.0. The van der Waals surface area contributed by atoms with Crippen molar-refractivity contribution in [1.82, 2.24) is 0 Å². The maximum atomic E-state index is 6.19. The van der Waals surface area contributed by atoms with Gasteiger partial charge in [-0.05, 0) is 51.4 Å². The monoisotopic (exact) mass is 396 g/mol. The predicted octanol–water partition coefficient (Wildman–Crippen LogP) is 6.90. The van der Waals surface area contributed by atoms with Crippen molar-refractivity contribution in [1.29, 1.82) is 0 Å². The minimum Gasteiger partial charge on any atom is -0.457 e. The number of benzene rings is 4. The molecule has 0 fully saturated rings. The van der Waals surface area contributed by atoms with Crippen molar-refractivity contribution in [2.45, 2.75) is 19.8 Å². The van der Waals surface area contributed by atoms with Crippen molar-refractivity contribution in [2.75, 3.05) is 0 Å². The lowest BCUT2D eigenvalue weighted by Gasteiger charge is -2.14. The van der Waals surface area contributed by atoms with E-state index in [-0.39, 0.29) is 0 Å². The van der Waals surface area contributed by atoms with E-state index in [1.54, 1.807) is 0 Å². The molecule has 1 nitrogen and oxygen atoms in total. The van der Waals surface area contributed by atoms with Crippen LogP contribution in [0.5, 0.6) is 11.5 Å². The Morgan fingerprint density at radius 3 is 2.07 bits per heavy atom. The Kier molecular flexibility index (Phi) is 6.08. The first kappa shape index (κ1) is 19.4. The van der Waals surface area contributed by atoms with Gasteiger partial charge in [-0.1, -0.05) is 107 Å². The number of hydrogen-bond donors (Lipinski definition) is 0. The van der Waals surface area contributed by atoms with Gasteiger partial charge in [0.25, 0.3) is 0 Å². The van der Waals surface area contributed by atoms with Gasteiger partial charge in [-0.2, -0.15) is 0 Å². The first-order valence-corrected chi connectivity index (χ1v) is 11.0. The quantitative estimate of drug-likeness (QED) is 0.322. The molecule has 0 N–H and O–H groups in total. The first-order chi connectivity index (χ1) is 14.2. The summed E-state index contributed by atoms with van der Waals surface area (Å²) in [6.45, 7) is 4.38. The van der Waals surface area contributed by atoms with Crippen LogP contribution in [-0.2, 0) is 0 Å². The molecule has 0 saturated heterocycles. The lowest BCUT2D eigenvalue weighted by molar-refractivity contribution is 0.473. The van der Waals surface area contributed by atoms with Gasteiger partial charge in [0.2, 0.25) is 0 Å². The van der Waals surface area contributed by atoms with Gasteiger partial charge in [-0.25, -0.2) is 0 Å². The maximum absolute atomic E-state index is 6.19. The molecule has 144 valence electrons. The Morgan fingerprint density at radius 1 is 0.655 bits per heavy atom. The fraction of sp³-hybridized carbons (Fsp3) is 0.111. The number of hydrogen-bond acceptors (Lipinski definition) is 1. The lowest BCUT2D eigenvalue weighted by atomic mass is 10.0. The van der Waals surface area contributed by atoms with Gasteiger partial charge in [0.05, 0.1) is 0 Å². The van der Waals surface area contributed by atoms with E-state index in [1.165, 1.54) is 27.3 Å². The van der Waals surface area contributed by atoms with Crippen molar-refractivity contribution >= 4 is 19.2 Å². The van der Waals surface area contributed by atoms with Crippen LogP contribution in [0.2, 0.25) is 0 Å². The van der Waals surface area contributed by atoms with Gasteiger partial charge >= 0.3 is 0 Å². The molecule has 4 aromatic rings. The number of rotatable bonds is 6. The predicted molar refractivity (Wildman–Crippen MR) is 127 cm³/mol. The van der Waals surface area contributed by atoms with E-state index in [0.29, 0.717) is 14.5 Å². The van der Waals surface area contributed by atoms with Crippen molar-refractivity contribution in [3.8, 4) is 22.6 Å². The molecule has 1 atom stereocenters. The van der Waals surface area contributed by atoms with E-state index in [9.17, 15) is 0 Å². The molecule has 0 bridgehead atoms. The largest absolute Gasteiger partial charge is 0.457 e. The average Bonchev–Trinajstić information content (AvgIpc) is 2.76. The van der Waals surface area contributed by atoms with Crippen molar-refractivity contribution in [2.24, 2.45) is 0 Å². The van der Waals surface area contributed by atoms with Crippen LogP contribution < -0.4 is 15.3 Å². The Labute approximate surface area is 175 Å². The second-order valence-electron chi connectivity index (χ2n) is 7.36. The second-order valence-corrected chi connectivity index (χ2v) is 8.72. The highest BCUT2D eigenvalue weighted by Crippen LogP contribution is 2.32. The SMILES string of the molecule is CC(C)c1ccccc1Oc1ccc(-c2ccccc2Pc2ccccc2)cc1. The lowest BCUT2D eigenvalue weighted by Crippen LogP contribution is -2.05. The topological polar surface area (TPSA) is 9.23 Å². The van der Waals surface area contributed by atoms with Gasteiger partial charge in [0.15, 0.2) is 0 Å². The van der Waals surface area contributed by atoms with Crippen molar-refractivity contribution in [3.63, 3.8) is 0 Å². The van der Waals surface area contributed by atoms with E-state index in [0.717, 1.165) is 11.5 Å². The highest BCUT2D eigenvalue weighted by molar-refractivity contribution is 7.55. The van der Waals surface area contributed by atoms with Crippen LogP contribution in [0.4, 0.5) is 0 Å². The van der Waals surface area contributed by atoms with Crippen LogP contribution in [0.1, 0.15) is 25.3 Å². The zero-order valence-electron chi connectivity index (χ0n) is 16.8. The fourth-order valence-electron chi connectivity index (χ4n) is 3.40. The highest BCUT2D eigenvalue weighted by atomic mass is 31.1. The molecule has 4 aromatic carbocycles. The molecule has 0 saturated carbocycles. The second kappa shape index (κ2) is 9.07. The fourth-order valence-corrected chi connectivity index (χ4v) is 4.61. The van der Waals surface area contributed by atoms with Gasteiger partial charge < -0.3 is 4.74 Å². The third-order valence-electron chi connectivity index (χ3n) is 4.91. The van der Waals surface area contributed by atoms with Crippen LogP contribution >= 0.6 is 8.58 Å². The Bertz CT molecular complexity index is 1070. The van der Waals surface area contributed by atoms with Crippen LogP contribution in [0, 0.1) is 0 Å². The van der Waals surface area contributed by atoms with Crippen LogP contribution in [0.15, 0.2) is 103 Å². The van der Waals surface area contributed by atoms with Gasteiger partial charge in [-0.15, -0.1) is 0 Å². The van der Waals surface area contributed by atoms with E-state index in [4.69, 9.17) is 4.74 Å². The van der Waals surface area contributed by atoms with E-state index < -0.39 is 0 Å². The summed E-state index contributed by atoms with van der Waals surface area (Å²) in [5.74, 6) is 2.22. The normalized spacial score (nSPS) is 11.3. The summed E-state index contributed by atoms with van der Waals surface area (Å²) in [5.41, 5.74) is 3.73. The molecule has 4 rings (SSSR count). The molecule has 29 heavy (non-hydrogen) atoms. The maximum Gasteiger partial charge on any atom is 0.130 e. The molecule has 0 amide bonds. The minimum atomic E-state index is 0.427. The summed E-state index contributed by atoms with van der Waals surface area (Å²) in [7, 11) is 0.640. The van der Waals surface area contributed by atoms with E-state index in [1.807, 2.05) is 12.1 Å². The zero-order chi connectivity index (χ0) is 20.1. The molecular weight excluding hydrogens is 371 g/mol. The summed E-state index contributed by atoms with van der Waals surface area (Å²) in [6.07, 6.45) is 0. The van der Waals surface area contributed by atoms with E-state index in [2.05, 4.69) is 105 Å². The molecule has 0 aliphatic rings. The number of ether oxygens (including phenoxy) is 1. The van der Waals surface area contributed by atoms with Crippen LogP contribution in [0.3, 0.4) is 0 Å². The Balaban J connectivity index is 1.58. The summed E-state index contributed by atoms with van der Waals surface area (Å²) in [5, 5.41) is 2.71. The molecule has 0 heterocycles. The van der Waals surface area contributed by atoms with Crippen LogP contribution in [-0.4, -0.2) is 0 Å². The van der Waals surface area contributed by atoms with Crippen molar-refractivity contribution in [3.05, 3.63) is 109 Å². The summed E-state index contributed by atoms with van der Waals surface area (Å²) >= 11 is 0. The molecule has 0 aliphatic heterocycles. The zero-order valence-corrected chi connectivity index (χ0v) is 17.8. The van der Waals surface area contributed by atoms with E-state index >= 15 is 0 Å². The average molecular weight is 396 g/mol. The first-order valence-electron chi connectivity index (χ1n) is 9.99. The van der Waals surface area contributed by atoms with Crippen molar-refractivity contribution < 1.29 is 4.74 Å². The van der Waals surface area contributed by atoms with Gasteiger partial charge in [-0.3, -0.25) is 0 Å². The summed E-state index contributed by atoms with van der Waals surface area (Å²) in [4.78, 5) is 0. The molecule has 0 radical (unpaired) electrons. The molecule has 0 aromatic heterocycles. The molecule has 0 aliphatic carbocycles. The highest BCUT2D eigenvalue weighted by Gasteiger charge is 2.09. The standard InChI is InChI=1S/C27H25OP/c1-20(2)24-12-6-8-14-26(24)28-22-18-16-21(17-19-22)25-13-7-9-15-27(25)29-23-10-4-3-5-11-23/h3-20,29H,1-2H3.